The first kappa shape index (κ1) is 17.3. The van der Waals surface area contributed by atoms with E-state index in [1.54, 1.807) is 12.1 Å². The number of hydrogen-bond acceptors (Lipinski definition) is 3. The number of likely N-dealkylation sites (tertiary alicyclic amines) is 1. The van der Waals surface area contributed by atoms with Gasteiger partial charge in [-0.1, -0.05) is 30.3 Å². The molecule has 1 unspecified atom stereocenters. The van der Waals surface area contributed by atoms with Crippen LogP contribution in [-0.2, 0) is 11.2 Å². The Morgan fingerprint density at radius 3 is 2.76 bits per heavy atom. The molecule has 2 amide bonds. The van der Waals surface area contributed by atoms with Crippen LogP contribution >= 0.6 is 0 Å². The molecule has 1 aliphatic heterocycles. The summed E-state index contributed by atoms with van der Waals surface area (Å²) in [5.74, 6) is 0.250. The van der Waals surface area contributed by atoms with Gasteiger partial charge in [-0.3, -0.25) is 9.59 Å². The lowest BCUT2D eigenvalue weighted by molar-refractivity contribution is -0.132. The Bertz CT molecular complexity index is 682. The third kappa shape index (κ3) is 4.72. The lowest BCUT2D eigenvalue weighted by atomic mass is 10.0. The van der Waals surface area contributed by atoms with Gasteiger partial charge in [0.05, 0.1) is 6.26 Å². The van der Waals surface area contributed by atoms with E-state index in [4.69, 9.17) is 4.42 Å². The van der Waals surface area contributed by atoms with Crippen molar-refractivity contribution in [3.63, 3.8) is 0 Å². The zero-order valence-electron chi connectivity index (χ0n) is 14.3. The van der Waals surface area contributed by atoms with Gasteiger partial charge >= 0.3 is 0 Å². The molecule has 132 valence electrons. The quantitative estimate of drug-likeness (QED) is 0.788. The summed E-state index contributed by atoms with van der Waals surface area (Å²) >= 11 is 0. The first-order valence-corrected chi connectivity index (χ1v) is 8.89. The predicted octanol–water partition coefficient (Wildman–Crippen LogP) is 3.02. The van der Waals surface area contributed by atoms with E-state index in [-0.39, 0.29) is 11.8 Å². The van der Waals surface area contributed by atoms with Crippen molar-refractivity contribution in [2.24, 2.45) is 0 Å². The maximum absolute atomic E-state index is 12.5. The molecular formula is C20H24N2O3. The molecule has 3 rings (SSSR count). The van der Waals surface area contributed by atoms with Crippen LogP contribution in [0.5, 0.6) is 0 Å². The second-order valence-electron chi connectivity index (χ2n) is 6.41. The molecule has 0 bridgehead atoms. The average Bonchev–Trinajstić information content (AvgIpc) is 3.31. The van der Waals surface area contributed by atoms with Crippen LogP contribution in [0.25, 0.3) is 0 Å². The van der Waals surface area contributed by atoms with Crippen molar-refractivity contribution in [1.82, 2.24) is 10.2 Å². The van der Waals surface area contributed by atoms with Crippen molar-refractivity contribution in [3.8, 4) is 0 Å². The van der Waals surface area contributed by atoms with Gasteiger partial charge in [0.1, 0.15) is 0 Å². The van der Waals surface area contributed by atoms with E-state index in [2.05, 4.69) is 17.4 Å². The molecule has 0 spiro atoms. The largest absolute Gasteiger partial charge is 0.459 e. The van der Waals surface area contributed by atoms with Gasteiger partial charge < -0.3 is 14.6 Å². The maximum atomic E-state index is 12.5. The molecule has 1 aromatic carbocycles. The second-order valence-corrected chi connectivity index (χ2v) is 6.41. The number of nitrogens with zero attached hydrogens (tertiary/aromatic N) is 1. The molecule has 1 fully saturated rings. The van der Waals surface area contributed by atoms with Crippen LogP contribution in [0.1, 0.15) is 41.8 Å². The number of amides is 2. The van der Waals surface area contributed by atoms with Crippen LogP contribution in [-0.4, -0.2) is 35.8 Å². The number of nitrogens with one attached hydrogen (secondary N) is 1. The van der Waals surface area contributed by atoms with E-state index >= 15 is 0 Å². The molecule has 2 heterocycles. The highest BCUT2D eigenvalue weighted by Crippen LogP contribution is 2.22. The molecule has 25 heavy (non-hydrogen) atoms. The van der Waals surface area contributed by atoms with Crippen LogP contribution in [0.2, 0.25) is 0 Å². The molecule has 1 aliphatic rings. The van der Waals surface area contributed by atoms with Crippen molar-refractivity contribution in [2.75, 3.05) is 13.1 Å². The average molecular weight is 340 g/mol. The molecule has 1 N–H and O–H groups in total. The fraction of sp³-hybridized carbons (Fsp3) is 0.400. The zero-order chi connectivity index (χ0) is 17.5. The third-order valence-corrected chi connectivity index (χ3v) is 4.61. The summed E-state index contributed by atoms with van der Waals surface area (Å²) in [6, 6.07) is 13.9. The fourth-order valence-corrected chi connectivity index (χ4v) is 3.34. The van der Waals surface area contributed by atoms with Crippen LogP contribution in [0.3, 0.4) is 0 Å². The normalized spacial score (nSPS) is 16.8. The lowest BCUT2D eigenvalue weighted by Gasteiger charge is -2.25. The Kier molecular flexibility index (Phi) is 5.88. The van der Waals surface area contributed by atoms with E-state index in [1.807, 2.05) is 23.1 Å². The monoisotopic (exact) mass is 340 g/mol. The summed E-state index contributed by atoms with van der Waals surface area (Å²) in [6.45, 7) is 1.32. The van der Waals surface area contributed by atoms with Crippen molar-refractivity contribution in [2.45, 2.75) is 38.1 Å². The summed E-state index contributed by atoms with van der Waals surface area (Å²) in [7, 11) is 0. The van der Waals surface area contributed by atoms with Crippen LogP contribution in [0.15, 0.2) is 53.1 Å². The first-order valence-electron chi connectivity index (χ1n) is 8.89. The Hall–Kier alpha value is -2.56. The van der Waals surface area contributed by atoms with Gasteiger partial charge in [0, 0.05) is 25.6 Å². The third-order valence-electron chi connectivity index (χ3n) is 4.61. The van der Waals surface area contributed by atoms with E-state index in [1.165, 1.54) is 11.8 Å². The van der Waals surface area contributed by atoms with Crippen LogP contribution in [0, 0.1) is 0 Å². The van der Waals surface area contributed by atoms with E-state index in [0.29, 0.717) is 31.2 Å². The molecule has 1 aromatic heterocycles. The molecule has 1 saturated heterocycles. The Balaban J connectivity index is 1.42. The fourth-order valence-electron chi connectivity index (χ4n) is 3.34. The zero-order valence-corrected chi connectivity index (χ0v) is 14.3. The van der Waals surface area contributed by atoms with Gasteiger partial charge in [-0.25, -0.2) is 0 Å². The lowest BCUT2D eigenvalue weighted by Crippen LogP contribution is -2.37. The predicted molar refractivity (Wildman–Crippen MR) is 95.2 cm³/mol. The number of furan rings is 1. The molecule has 5 heteroatoms. The van der Waals surface area contributed by atoms with Gasteiger partial charge in [-0.2, -0.15) is 0 Å². The minimum absolute atomic E-state index is 0.186. The molecule has 5 nitrogen and oxygen atoms in total. The number of rotatable bonds is 7. The Morgan fingerprint density at radius 1 is 1.16 bits per heavy atom. The van der Waals surface area contributed by atoms with Gasteiger partial charge in [0.15, 0.2) is 5.76 Å². The standard InChI is InChI=1S/C20H24N2O3/c23-19(11-4-12-21-20(24)18-10-6-14-25-18)22-13-5-9-17(22)15-16-7-2-1-3-8-16/h1-3,6-8,10,14,17H,4-5,9,11-13,15H2,(H,21,24). The molecule has 0 aliphatic carbocycles. The van der Waals surface area contributed by atoms with Gasteiger partial charge in [-0.05, 0) is 43.4 Å². The van der Waals surface area contributed by atoms with E-state index in [0.717, 1.165) is 25.8 Å². The number of carbonyl (C=O) groups excluding carboxylic acids is 2. The number of hydrogen-bond donors (Lipinski definition) is 1. The SMILES string of the molecule is O=C(NCCCC(=O)N1CCCC1Cc1ccccc1)c1ccco1. The van der Waals surface area contributed by atoms with Crippen molar-refractivity contribution in [3.05, 3.63) is 60.1 Å². The minimum Gasteiger partial charge on any atom is -0.459 e. The molecular weight excluding hydrogens is 316 g/mol. The Morgan fingerprint density at radius 2 is 2.00 bits per heavy atom. The maximum Gasteiger partial charge on any atom is 0.286 e. The topological polar surface area (TPSA) is 62.6 Å². The highest BCUT2D eigenvalue weighted by atomic mass is 16.3. The van der Waals surface area contributed by atoms with Crippen molar-refractivity contribution < 1.29 is 14.0 Å². The summed E-state index contributed by atoms with van der Waals surface area (Å²) in [4.78, 5) is 26.3. The number of benzene rings is 1. The van der Waals surface area contributed by atoms with Gasteiger partial charge in [0.25, 0.3) is 5.91 Å². The van der Waals surface area contributed by atoms with E-state index in [9.17, 15) is 9.59 Å². The highest BCUT2D eigenvalue weighted by molar-refractivity contribution is 5.91. The summed E-state index contributed by atoms with van der Waals surface area (Å²) < 4.78 is 5.04. The summed E-state index contributed by atoms with van der Waals surface area (Å²) in [5, 5.41) is 2.78. The van der Waals surface area contributed by atoms with Crippen molar-refractivity contribution in [1.29, 1.82) is 0 Å². The smallest absolute Gasteiger partial charge is 0.286 e. The van der Waals surface area contributed by atoms with E-state index < -0.39 is 0 Å². The Labute approximate surface area is 148 Å². The first-order chi connectivity index (χ1) is 12.2. The molecule has 0 saturated carbocycles. The summed E-state index contributed by atoms with van der Waals surface area (Å²) in [5.41, 5.74) is 1.28. The molecule has 1 atom stereocenters. The van der Waals surface area contributed by atoms with Crippen LogP contribution in [0.4, 0.5) is 0 Å². The van der Waals surface area contributed by atoms with Gasteiger partial charge in [0.2, 0.25) is 5.91 Å². The molecule has 0 radical (unpaired) electrons. The minimum atomic E-state index is -0.236. The highest BCUT2D eigenvalue weighted by Gasteiger charge is 2.28. The van der Waals surface area contributed by atoms with Crippen molar-refractivity contribution >= 4 is 11.8 Å². The summed E-state index contributed by atoms with van der Waals surface area (Å²) in [6.07, 6.45) is 5.62. The second kappa shape index (κ2) is 8.51. The van der Waals surface area contributed by atoms with Crippen LogP contribution < -0.4 is 5.32 Å². The number of carbonyl (C=O) groups is 2. The molecule has 2 aromatic rings. The van der Waals surface area contributed by atoms with Gasteiger partial charge in [-0.15, -0.1) is 0 Å².